The average Bonchev–Trinajstić information content (AvgIpc) is 3.13. The second-order valence-corrected chi connectivity index (χ2v) is 4.28. The predicted molar refractivity (Wildman–Crippen MR) is 69.5 cm³/mol. The molecule has 1 amide bonds. The van der Waals surface area contributed by atoms with Crippen LogP contribution in [-0.2, 0) is 11.3 Å². The van der Waals surface area contributed by atoms with Crippen LogP contribution in [0, 0.1) is 0 Å². The van der Waals surface area contributed by atoms with E-state index in [1.165, 1.54) is 0 Å². The Morgan fingerprint density at radius 2 is 2.05 bits per heavy atom. The number of aromatic amines is 1. The first kappa shape index (κ1) is 12.3. The first-order valence-corrected chi connectivity index (χ1v) is 6.08. The summed E-state index contributed by atoms with van der Waals surface area (Å²) in [4.78, 5) is 26.1. The van der Waals surface area contributed by atoms with E-state index >= 15 is 0 Å². The number of Topliss-reactive ketones (excluding diaryl/α,β-unsaturated/α-hetero) is 1. The largest absolute Gasteiger partial charge is 0.454 e. The molecule has 0 fully saturated rings. The van der Waals surface area contributed by atoms with Gasteiger partial charge in [-0.1, -0.05) is 6.07 Å². The van der Waals surface area contributed by atoms with E-state index in [0.29, 0.717) is 11.5 Å². The zero-order valence-corrected chi connectivity index (χ0v) is 10.5. The topological polar surface area (TPSA) is 80.4 Å². The number of ether oxygens (including phenoxy) is 2. The molecule has 0 spiro atoms. The standard InChI is InChI=1S/C14H12N2O4/c17-13(10-2-1-5-15-10)14(18)16-7-9-3-4-11-12(6-9)20-8-19-11/h1-6,15H,7-8H2,(H,16,18). The SMILES string of the molecule is O=C(NCc1ccc2c(c1)OCO2)C(=O)c1ccc[nH]1. The summed E-state index contributed by atoms with van der Waals surface area (Å²) in [6.07, 6.45) is 1.60. The van der Waals surface area contributed by atoms with E-state index in [4.69, 9.17) is 9.47 Å². The number of H-pyrrole nitrogens is 1. The lowest BCUT2D eigenvalue weighted by Crippen LogP contribution is -2.30. The van der Waals surface area contributed by atoms with E-state index in [-0.39, 0.29) is 19.0 Å². The summed E-state index contributed by atoms with van der Waals surface area (Å²) in [5.74, 6) is 0.0934. The normalized spacial score (nSPS) is 12.2. The summed E-state index contributed by atoms with van der Waals surface area (Å²) >= 11 is 0. The van der Waals surface area contributed by atoms with Crippen LogP contribution in [0.3, 0.4) is 0 Å². The van der Waals surface area contributed by atoms with Gasteiger partial charge in [0.05, 0.1) is 5.69 Å². The lowest BCUT2D eigenvalue weighted by atomic mass is 10.2. The van der Waals surface area contributed by atoms with Gasteiger partial charge in [0, 0.05) is 12.7 Å². The van der Waals surface area contributed by atoms with Crippen LogP contribution in [0.2, 0.25) is 0 Å². The van der Waals surface area contributed by atoms with Crippen LogP contribution in [0.15, 0.2) is 36.5 Å². The average molecular weight is 272 g/mol. The van der Waals surface area contributed by atoms with Crippen molar-refractivity contribution in [2.45, 2.75) is 6.54 Å². The molecule has 1 aliphatic rings. The molecule has 6 heteroatoms. The second-order valence-electron chi connectivity index (χ2n) is 4.28. The maximum Gasteiger partial charge on any atom is 0.294 e. The van der Waals surface area contributed by atoms with Crippen LogP contribution in [0.25, 0.3) is 0 Å². The molecule has 0 aliphatic carbocycles. The van der Waals surface area contributed by atoms with Crippen molar-refractivity contribution >= 4 is 11.7 Å². The number of ketones is 1. The third kappa shape index (κ3) is 2.35. The maximum atomic E-state index is 11.7. The third-order valence-electron chi connectivity index (χ3n) is 2.94. The number of benzene rings is 1. The molecule has 102 valence electrons. The molecule has 0 radical (unpaired) electrons. The van der Waals surface area contributed by atoms with Gasteiger partial charge >= 0.3 is 0 Å². The molecule has 0 saturated heterocycles. The van der Waals surface area contributed by atoms with E-state index in [0.717, 1.165) is 5.56 Å². The summed E-state index contributed by atoms with van der Waals surface area (Å²) in [6.45, 7) is 0.457. The molecule has 0 saturated carbocycles. The molecule has 2 heterocycles. The van der Waals surface area contributed by atoms with E-state index < -0.39 is 11.7 Å². The van der Waals surface area contributed by atoms with Crippen LogP contribution in [0.5, 0.6) is 11.5 Å². The lowest BCUT2D eigenvalue weighted by Gasteiger charge is -2.05. The number of amides is 1. The van der Waals surface area contributed by atoms with Crippen molar-refractivity contribution in [1.29, 1.82) is 0 Å². The zero-order chi connectivity index (χ0) is 13.9. The van der Waals surface area contributed by atoms with Gasteiger partial charge in [0.1, 0.15) is 0 Å². The Morgan fingerprint density at radius 3 is 2.85 bits per heavy atom. The van der Waals surface area contributed by atoms with Crippen molar-refractivity contribution in [3.8, 4) is 11.5 Å². The number of hydrogen-bond acceptors (Lipinski definition) is 4. The number of carbonyl (C=O) groups excluding carboxylic acids is 2. The van der Waals surface area contributed by atoms with E-state index in [2.05, 4.69) is 10.3 Å². The molecule has 6 nitrogen and oxygen atoms in total. The number of nitrogens with one attached hydrogen (secondary N) is 2. The summed E-state index contributed by atoms with van der Waals surface area (Å²) in [5, 5.41) is 2.57. The second kappa shape index (κ2) is 5.08. The minimum atomic E-state index is -0.648. The highest BCUT2D eigenvalue weighted by Crippen LogP contribution is 2.32. The Kier molecular flexibility index (Phi) is 3.12. The first-order chi connectivity index (χ1) is 9.74. The number of hydrogen-bond donors (Lipinski definition) is 2. The third-order valence-corrected chi connectivity index (χ3v) is 2.94. The maximum absolute atomic E-state index is 11.7. The lowest BCUT2D eigenvalue weighted by molar-refractivity contribution is -0.117. The molecule has 0 bridgehead atoms. The van der Waals surface area contributed by atoms with Gasteiger partial charge in [-0.2, -0.15) is 0 Å². The Balaban J connectivity index is 1.62. The molecular formula is C14H12N2O4. The van der Waals surface area contributed by atoms with E-state index in [1.807, 2.05) is 6.07 Å². The Hall–Kier alpha value is -2.76. The smallest absolute Gasteiger partial charge is 0.294 e. The highest BCUT2D eigenvalue weighted by molar-refractivity contribution is 6.42. The molecule has 20 heavy (non-hydrogen) atoms. The van der Waals surface area contributed by atoms with Crippen molar-refractivity contribution in [1.82, 2.24) is 10.3 Å². The van der Waals surface area contributed by atoms with E-state index in [1.54, 1.807) is 30.5 Å². The van der Waals surface area contributed by atoms with Gasteiger partial charge in [0.2, 0.25) is 6.79 Å². The summed E-state index contributed by atoms with van der Waals surface area (Å²) in [6, 6.07) is 8.59. The molecular weight excluding hydrogens is 260 g/mol. The van der Waals surface area contributed by atoms with Crippen LogP contribution in [0.1, 0.15) is 16.1 Å². The summed E-state index contributed by atoms with van der Waals surface area (Å²) < 4.78 is 10.4. The number of rotatable bonds is 4. The molecule has 0 atom stereocenters. The highest BCUT2D eigenvalue weighted by Gasteiger charge is 2.17. The Bertz CT molecular complexity index is 649. The van der Waals surface area contributed by atoms with Crippen LogP contribution in [-0.4, -0.2) is 23.5 Å². The van der Waals surface area contributed by atoms with Crippen molar-refractivity contribution in [2.75, 3.05) is 6.79 Å². The summed E-state index contributed by atoms with van der Waals surface area (Å²) in [7, 11) is 0. The first-order valence-electron chi connectivity index (χ1n) is 6.08. The monoisotopic (exact) mass is 272 g/mol. The van der Waals surface area contributed by atoms with Crippen LogP contribution < -0.4 is 14.8 Å². The van der Waals surface area contributed by atoms with Gasteiger partial charge in [0.15, 0.2) is 11.5 Å². The van der Waals surface area contributed by atoms with Crippen LogP contribution in [0.4, 0.5) is 0 Å². The predicted octanol–water partition coefficient (Wildman–Crippen LogP) is 1.24. The fourth-order valence-electron chi connectivity index (χ4n) is 1.91. The summed E-state index contributed by atoms with van der Waals surface area (Å²) in [5.41, 5.74) is 1.11. The minimum absolute atomic E-state index is 0.205. The molecule has 1 aromatic heterocycles. The Labute approximate surface area is 114 Å². The number of carbonyl (C=O) groups is 2. The van der Waals surface area contributed by atoms with Crippen molar-refractivity contribution in [2.24, 2.45) is 0 Å². The highest BCUT2D eigenvalue weighted by atomic mass is 16.7. The van der Waals surface area contributed by atoms with E-state index in [9.17, 15) is 9.59 Å². The van der Waals surface area contributed by atoms with Crippen molar-refractivity contribution < 1.29 is 19.1 Å². The fourth-order valence-corrected chi connectivity index (χ4v) is 1.91. The quantitative estimate of drug-likeness (QED) is 0.648. The molecule has 1 aromatic carbocycles. The van der Waals surface area contributed by atoms with Gasteiger partial charge in [-0.15, -0.1) is 0 Å². The molecule has 2 N–H and O–H groups in total. The van der Waals surface area contributed by atoms with Crippen molar-refractivity contribution in [3.63, 3.8) is 0 Å². The Morgan fingerprint density at radius 1 is 1.20 bits per heavy atom. The van der Waals surface area contributed by atoms with Gasteiger partial charge in [-0.05, 0) is 29.8 Å². The molecule has 2 aromatic rings. The zero-order valence-electron chi connectivity index (χ0n) is 10.5. The van der Waals surface area contributed by atoms with Crippen LogP contribution >= 0.6 is 0 Å². The van der Waals surface area contributed by atoms with Gasteiger partial charge < -0.3 is 19.8 Å². The van der Waals surface area contributed by atoms with Crippen molar-refractivity contribution in [3.05, 3.63) is 47.8 Å². The number of aromatic nitrogens is 1. The fraction of sp³-hybridized carbons (Fsp3) is 0.143. The molecule has 3 rings (SSSR count). The molecule has 1 aliphatic heterocycles. The number of fused-ring (bicyclic) bond motifs is 1. The van der Waals surface area contributed by atoms with Gasteiger partial charge in [-0.25, -0.2) is 0 Å². The van der Waals surface area contributed by atoms with Gasteiger partial charge in [0.25, 0.3) is 11.7 Å². The molecule has 0 unspecified atom stereocenters. The minimum Gasteiger partial charge on any atom is -0.454 e. The van der Waals surface area contributed by atoms with Gasteiger partial charge in [-0.3, -0.25) is 9.59 Å².